The van der Waals surface area contributed by atoms with Crippen LogP contribution >= 0.6 is 0 Å². The molecular weight excluding hydrogens is 202 g/mol. The molecule has 1 aromatic carbocycles. The SMILES string of the molecule is CCOC(=O)Cc1c(C)cc(F)cc1F. The Morgan fingerprint density at radius 1 is 1.40 bits per heavy atom. The normalized spacial score (nSPS) is 10.1. The van der Waals surface area contributed by atoms with Crippen molar-refractivity contribution in [3.63, 3.8) is 0 Å². The molecule has 0 aliphatic heterocycles. The predicted octanol–water partition coefficient (Wildman–Crippen LogP) is 2.38. The number of esters is 1. The fourth-order valence-corrected chi connectivity index (χ4v) is 1.31. The first-order valence-corrected chi connectivity index (χ1v) is 4.64. The molecule has 0 bridgehead atoms. The van der Waals surface area contributed by atoms with Gasteiger partial charge in [-0.05, 0) is 25.5 Å². The van der Waals surface area contributed by atoms with Crippen molar-refractivity contribution in [1.29, 1.82) is 0 Å². The van der Waals surface area contributed by atoms with E-state index >= 15 is 0 Å². The van der Waals surface area contributed by atoms with Gasteiger partial charge in [0.15, 0.2) is 0 Å². The fourth-order valence-electron chi connectivity index (χ4n) is 1.31. The van der Waals surface area contributed by atoms with Crippen molar-refractivity contribution in [1.82, 2.24) is 0 Å². The summed E-state index contributed by atoms with van der Waals surface area (Å²) in [6.45, 7) is 3.48. The monoisotopic (exact) mass is 214 g/mol. The molecule has 2 nitrogen and oxygen atoms in total. The molecule has 0 aromatic heterocycles. The molecule has 1 rings (SSSR count). The van der Waals surface area contributed by atoms with E-state index in [0.29, 0.717) is 5.56 Å². The van der Waals surface area contributed by atoms with E-state index in [-0.39, 0.29) is 18.6 Å². The van der Waals surface area contributed by atoms with Crippen LogP contribution in [0.4, 0.5) is 8.78 Å². The van der Waals surface area contributed by atoms with Gasteiger partial charge in [-0.3, -0.25) is 4.79 Å². The fraction of sp³-hybridized carbons (Fsp3) is 0.364. The van der Waals surface area contributed by atoms with Crippen molar-refractivity contribution < 1.29 is 18.3 Å². The number of ether oxygens (including phenoxy) is 1. The molecule has 4 heteroatoms. The van der Waals surface area contributed by atoms with E-state index in [1.165, 1.54) is 6.07 Å². The van der Waals surface area contributed by atoms with Crippen LogP contribution in [-0.4, -0.2) is 12.6 Å². The smallest absolute Gasteiger partial charge is 0.310 e. The highest BCUT2D eigenvalue weighted by atomic mass is 19.1. The number of rotatable bonds is 3. The minimum atomic E-state index is -0.708. The maximum atomic E-state index is 13.3. The molecule has 0 unspecified atom stereocenters. The van der Waals surface area contributed by atoms with Crippen LogP contribution in [0.1, 0.15) is 18.1 Å². The number of hydrogen-bond acceptors (Lipinski definition) is 2. The molecule has 0 aliphatic carbocycles. The van der Waals surface area contributed by atoms with Crippen molar-refractivity contribution in [3.05, 3.63) is 34.9 Å². The van der Waals surface area contributed by atoms with E-state index < -0.39 is 17.6 Å². The molecule has 0 radical (unpaired) electrons. The van der Waals surface area contributed by atoms with Crippen molar-refractivity contribution in [2.45, 2.75) is 20.3 Å². The Labute approximate surface area is 86.9 Å². The second-order valence-corrected chi connectivity index (χ2v) is 3.16. The second-order valence-electron chi connectivity index (χ2n) is 3.16. The van der Waals surface area contributed by atoms with Gasteiger partial charge >= 0.3 is 5.97 Å². The van der Waals surface area contributed by atoms with E-state index in [9.17, 15) is 13.6 Å². The minimum absolute atomic E-state index is 0.161. The molecule has 0 atom stereocenters. The highest BCUT2D eigenvalue weighted by molar-refractivity contribution is 5.73. The molecule has 0 saturated heterocycles. The summed E-state index contributed by atoms with van der Waals surface area (Å²) in [6, 6.07) is 1.96. The molecule has 0 amide bonds. The van der Waals surface area contributed by atoms with Gasteiger partial charge in [0, 0.05) is 11.6 Å². The zero-order valence-electron chi connectivity index (χ0n) is 8.64. The molecule has 0 aliphatic rings. The lowest BCUT2D eigenvalue weighted by molar-refractivity contribution is -0.142. The third kappa shape index (κ3) is 3.01. The summed E-state index contributed by atoms with van der Waals surface area (Å²) in [5.41, 5.74) is 0.607. The number of carbonyl (C=O) groups excluding carboxylic acids is 1. The number of benzene rings is 1. The maximum absolute atomic E-state index is 13.3. The summed E-state index contributed by atoms with van der Waals surface area (Å²) < 4.78 is 30.7. The van der Waals surface area contributed by atoms with E-state index in [1.54, 1.807) is 13.8 Å². The number of carbonyl (C=O) groups is 1. The van der Waals surface area contributed by atoms with Gasteiger partial charge in [0.25, 0.3) is 0 Å². The highest BCUT2D eigenvalue weighted by Gasteiger charge is 2.12. The molecule has 0 saturated carbocycles. The van der Waals surface area contributed by atoms with Crippen molar-refractivity contribution in [2.75, 3.05) is 6.61 Å². The van der Waals surface area contributed by atoms with Gasteiger partial charge in [0.05, 0.1) is 13.0 Å². The zero-order valence-corrected chi connectivity index (χ0v) is 8.64. The van der Waals surface area contributed by atoms with Crippen LogP contribution in [0.25, 0.3) is 0 Å². The lowest BCUT2D eigenvalue weighted by atomic mass is 10.1. The molecule has 0 spiro atoms. The Balaban J connectivity index is 2.90. The van der Waals surface area contributed by atoms with Gasteiger partial charge < -0.3 is 4.74 Å². The third-order valence-corrected chi connectivity index (χ3v) is 2.01. The third-order valence-electron chi connectivity index (χ3n) is 2.01. The van der Waals surface area contributed by atoms with Crippen molar-refractivity contribution in [2.24, 2.45) is 0 Å². The lowest BCUT2D eigenvalue weighted by Crippen LogP contribution is -2.10. The zero-order chi connectivity index (χ0) is 11.4. The summed E-state index contributed by atoms with van der Waals surface area (Å²) in [5.74, 6) is -1.86. The molecule has 0 fully saturated rings. The Kier molecular flexibility index (Phi) is 3.77. The summed E-state index contributed by atoms with van der Waals surface area (Å²) >= 11 is 0. The van der Waals surface area contributed by atoms with E-state index in [4.69, 9.17) is 0 Å². The standard InChI is InChI=1S/C11H12F2O2/c1-3-15-11(14)6-9-7(2)4-8(12)5-10(9)13/h4-5H,3,6H2,1-2H3. The number of halogens is 2. The Bertz CT molecular complexity index is 352. The lowest BCUT2D eigenvalue weighted by Gasteiger charge is -2.07. The van der Waals surface area contributed by atoms with Crippen LogP contribution in [0.2, 0.25) is 0 Å². The average Bonchev–Trinajstić information content (AvgIpc) is 2.11. The molecular formula is C11H12F2O2. The van der Waals surface area contributed by atoms with Crippen LogP contribution in [0.5, 0.6) is 0 Å². The van der Waals surface area contributed by atoms with E-state index in [2.05, 4.69) is 4.74 Å². The van der Waals surface area contributed by atoms with E-state index in [0.717, 1.165) is 6.07 Å². The van der Waals surface area contributed by atoms with E-state index in [1.807, 2.05) is 0 Å². The topological polar surface area (TPSA) is 26.3 Å². The van der Waals surface area contributed by atoms with Crippen molar-refractivity contribution >= 4 is 5.97 Å². The molecule has 15 heavy (non-hydrogen) atoms. The Morgan fingerprint density at radius 3 is 2.60 bits per heavy atom. The van der Waals surface area contributed by atoms with Gasteiger partial charge in [0.1, 0.15) is 11.6 Å². The van der Waals surface area contributed by atoms with Gasteiger partial charge in [-0.25, -0.2) is 8.78 Å². The van der Waals surface area contributed by atoms with Crippen LogP contribution in [0, 0.1) is 18.6 Å². The predicted molar refractivity (Wildman–Crippen MR) is 51.4 cm³/mol. The minimum Gasteiger partial charge on any atom is -0.466 e. The summed E-state index contributed by atoms with van der Waals surface area (Å²) in [7, 11) is 0. The summed E-state index contributed by atoms with van der Waals surface area (Å²) in [6.07, 6.45) is -0.161. The molecule has 1 aromatic rings. The van der Waals surface area contributed by atoms with Gasteiger partial charge in [0.2, 0.25) is 0 Å². The molecule has 0 heterocycles. The Morgan fingerprint density at radius 2 is 2.07 bits per heavy atom. The van der Waals surface area contributed by atoms with Crippen molar-refractivity contribution in [3.8, 4) is 0 Å². The van der Waals surface area contributed by atoms with Gasteiger partial charge in [-0.2, -0.15) is 0 Å². The van der Waals surface area contributed by atoms with Crippen LogP contribution in [0.3, 0.4) is 0 Å². The van der Waals surface area contributed by atoms with Crippen LogP contribution in [0.15, 0.2) is 12.1 Å². The summed E-state index contributed by atoms with van der Waals surface area (Å²) in [4.78, 5) is 11.1. The number of hydrogen-bond donors (Lipinski definition) is 0. The summed E-state index contributed by atoms with van der Waals surface area (Å²) in [5, 5.41) is 0. The first-order chi connectivity index (χ1) is 7.04. The largest absolute Gasteiger partial charge is 0.466 e. The first kappa shape index (κ1) is 11.6. The van der Waals surface area contributed by atoms with Gasteiger partial charge in [-0.15, -0.1) is 0 Å². The number of aryl methyl sites for hydroxylation is 1. The van der Waals surface area contributed by atoms with Crippen LogP contribution < -0.4 is 0 Å². The van der Waals surface area contributed by atoms with Crippen LogP contribution in [-0.2, 0) is 16.0 Å². The van der Waals surface area contributed by atoms with Gasteiger partial charge in [-0.1, -0.05) is 0 Å². The Hall–Kier alpha value is -1.45. The molecule has 82 valence electrons. The highest BCUT2D eigenvalue weighted by Crippen LogP contribution is 2.16. The maximum Gasteiger partial charge on any atom is 0.310 e. The first-order valence-electron chi connectivity index (χ1n) is 4.64. The quantitative estimate of drug-likeness (QED) is 0.722. The average molecular weight is 214 g/mol. The second kappa shape index (κ2) is 4.87. The molecule has 0 N–H and O–H groups in total.